The highest BCUT2D eigenvalue weighted by Gasteiger charge is 2.14. The minimum Gasteiger partial charge on any atom is -0.330 e. The molecule has 0 atom stereocenters. The van der Waals surface area contributed by atoms with Crippen molar-refractivity contribution in [3.05, 3.63) is 70.5 Å². The molecular weight excluding hydrogens is 306 g/mol. The van der Waals surface area contributed by atoms with Gasteiger partial charge >= 0.3 is 0 Å². The van der Waals surface area contributed by atoms with Crippen LogP contribution in [0.3, 0.4) is 0 Å². The Balaban J connectivity index is 2.01. The third-order valence-corrected chi connectivity index (χ3v) is 4.29. The van der Waals surface area contributed by atoms with Gasteiger partial charge in [-0.2, -0.15) is 5.10 Å². The average molecular weight is 326 g/mol. The maximum absolute atomic E-state index is 5.99. The number of aryl methyl sites for hydroxylation is 1. The molecule has 0 aliphatic rings. The second-order valence-corrected chi connectivity index (χ2v) is 6.11. The largest absolute Gasteiger partial charge is 0.330 e. The quantitative estimate of drug-likeness (QED) is 0.776. The fourth-order valence-corrected chi connectivity index (χ4v) is 3.02. The lowest BCUT2D eigenvalue weighted by Crippen LogP contribution is -2.03. The maximum Gasteiger partial charge on any atom is 0.0679 e. The predicted molar refractivity (Wildman–Crippen MR) is 96.2 cm³/mol. The number of nitrogens with two attached hydrogens (primary N) is 1. The van der Waals surface area contributed by atoms with Crippen molar-refractivity contribution in [2.75, 3.05) is 6.54 Å². The Morgan fingerprint density at radius 2 is 1.65 bits per heavy atom. The Hall–Kier alpha value is -2.10. The second kappa shape index (κ2) is 6.57. The molecule has 0 amide bonds. The van der Waals surface area contributed by atoms with E-state index in [9.17, 15) is 0 Å². The molecule has 0 aliphatic heterocycles. The van der Waals surface area contributed by atoms with E-state index in [1.165, 1.54) is 5.56 Å². The molecule has 0 radical (unpaired) electrons. The summed E-state index contributed by atoms with van der Waals surface area (Å²) in [7, 11) is 0. The van der Waals surface area contributed by atoms with E-state index < -0.39 is 0 Å². The van der Waals surface area contributed by atoms with E-state index in [4.69, 9.17) is 22.4 Å². The fraction of sp³-hybridized carbons (Fsp3) is 0.211. The fourth-order valence-electron chi connectivity index (χ4n) is 2.90. The van der Waals surface area contributed by atoms with Crippen molar-refractivity contribution in [1.82, 2.24) is 9.78 Å². The van der Waals surface area contributed by atoms with Gasteiger partial charge in [-0.15, -0.1) is 0 Å². The van der Waals surface area contributed by atoms with Gasteiger partial charge in [0.2, 0.25) is 0 Å². The van der Waals surface area contributed by atoms with Crippen LogP contribution in [0.2, 0.25) is 5.02 Å². The Bertz CT molecular complexity index is 802. The van der Waals surface area contributed by atoms with Crippen molar-refractivity contribution in [2.45, 2.75) is 20.3 Å². The first-order chi connectivity index (χ1) is 11.1. The first kappa shape index (κ1) is 15.8. The van der Waals surface area contributed by atoms with Gasteiger partial charge in [0.05, 0.1) is 11.4 Å². The van der Waals surface area contributed by atoms with E-state index in [-0.39, 0.29) is 0 Å². The number of hydrogen-bond acceptors (Lipinski definition) is 2. The van der Waals surface area contributed by atoms with Crippen molar-refractivity contribution >= 4 is 11.6 Å². The standard InChI is InChI=1S/C19H20ClN3/c1-13-19(16-5-7-17(20)8-6-16)14(2)23(22-13)18-9-3-15(4-10-18)11-12-21/h3-10H,11-12,21H2,1-2H3. The SMILES string of the molecule is Cc1nn(-c2ccc(CCN)cc2)c(C)c1-c1ccc(Cl)cc1. The molecule has 0 bridgehead atoms. The van der Waals surface area contributed by atoms with Gasteiger partial charge in [-0.25, -0.2) is 4.68 Å². The lowest BCUT2D eigenvalue weighted by Gasteiger charge is -2.07. The molecular formula is C19H20ClN3. The van der Waals surface area contributed by atoms with E-state index >= 15 is 0 Å². The summed E-state index contributed by atoms with van der Waals surface area (Å²) in [6.45, 7) is 4.80. The summed E-state index contributed by atoms with van der Waals surface area (Å²) in [4.78, 5) is 0. The van der Waals surface area contributed by atoms with E-state index in [2.05, 4.69) is 31.2 Å². The number of aromatic nitrogens is 2. The average Bonchev–Trinajstić information content (AvgIpc) is 2.84. The Labute approximate surface area is 141 Å². The van der Waals surface area contributed by atoms with E-state index in [1.54, 1.807) is 0 Å². The Morgan fingerprint density at radius 1 is 1.00 bits per heavy atom. The smallest absolute Gasteiger partial charge is 0.0679 e. The van der Waals surface area contributed by atoms with Crippen LogP contribution in [0.5, 0.6) is 0 Å². The second-order valence-electron chi connectivity index (χ2n) is 5.67. The van der Waals surface area contributed by atoms with E-state index in [0.29, 0.717) is 6.54 Å². The summed E-state index contributed by atoms with van der Waals surface area (Å²) in [6, 6.07) is 16.3. The molecule has 3 nitrogen and oxygen atoms in total. The van der Waals surface area contributed by atoms with Crippen LogP contribution in [-0.2, 0) is 6.42 Å². The summed E-state index contributed by atoms with van der Waals surface area (Å²) < 4.78 is 1.99. The van der Waals surface area contributed by atoms with Gasteiger partial charge in [-0.1, -0.05) is 35.9 Å². The monoisotopic (exact) mass is 325 g/mol. The summed E-state index contributed by atoms with van der Waals surface area (Å²) in [6.07, 6.45) is 0.896. The van der Waals surface area contributed by atoms with Crippen LogP contribution in [0.1, 0.15) is 17.0 Å². The van der Waals surface area contributed by atoms with Gasteiger partial charge in [0.25, 0.3) is 0 Å². The van der Waals surface area contributed by atoms with Gasteiger partial charge in [-0.05, 0) is 62.2 Å². The van der Waals surface area contributed by atoms with Gasteiger partial charge in [-0.3, -0.25) is 0 Å². The topological polar surface area (TPSA) is 43.8 Å². The van der Waals surface area contributed by atoms with Crippen LogP contribution in [0, 0.1) is 13.8 Å². The van der Waals surface area contributed by atoms with Crippen LogP contribution in [-0.4, -0.2) is 16.3 Å². The van der Waals surface area contributed by atoms with Crippen molar-refractivity contribution < 1.29 is 0 Å². The molecule has 1 aromatic heterocycles. The lowest BCUT2D eigenvalue weighted by molar-refractivity contribution is 0.832. The molecule has 0 fully saturated rings. The molecule has 3 aromatic rings. The number of hydrogen-bond donors (Lipinski definition) is 1. The van der Waals surface area contributed by atoms with Gasteiger partial charge in [0, 0.05) is 16.3 Å². The number of benzene rings is 2. The molecule has 0 spiro atoms. The van der Waals surface area contributed by atoms with Crippen LogP contribution < -0.4 is 5.73 Å². The summed E-state index contributed by atoms with van der Waals surface area (Å²) in [5.74, 6) is 0. The molecule has 118 valence electrons. The zero-order chi connectivity index (χ0) is 16.4. The van der Waals surface area contributed by atoms with Gasteiger partial charge in [0.1, 0.15) is 0 Å². The van der Waals surface area contributed by atoms with Crippen molar-refractivity contribution in [3.8, 4) is 16.8 Å². The molecule has 3 rings (SSSR count). The Kier molecular flexibility index (Phi) is 4.51. The molecule has 4 heteroatoms. The number of nitrogens with zero attached hydrogens (tertiary/aromatic N) is 2. The van der Waals surface area contributed by atoms with Gasteiger partial charge in [0.15, 0.2) is 0 Å². The van der Waals surface area contributed by atoms with Crippen molar-refractivity contribution in [2.24, 2.45) is 5.73 Å². The van der Waals surface area contributed by atoms with E-state index in [1.807, 2.05) is 35.9 Å². The van der Waals surface area contributed by atoms with Crippen LogP contribution >= 0.6 is 11.6 Å². The van der Waals surface area contributed by atoms with Crippen molar-refractivity contribution in [1.29, 1.82) is 0 Å². The van der Waals surface area contributed by atoms with Gasteiger partial charge < -0.3 is 5.73 Å². The van der Waals surface area contributed by atoms with Crippen LogP contribution in [0.4, 0.5) is 0 Å². The zero-order valence-corrected chi connectivity index (χ0v) is 14.1. The summed E-state index contributed by atoms with van der Waals surface area (Å²) in [5.41, 5.74) is 12.3. The molecule has 2 aromatic carbocycles. The first-order valence-electron chi connectivity index (χ1n) is 7.71. The number of halogens is 1. The molecule has 1 heterocycles. The zero-order valence-electron chi connectivity index (χ0n) is 13.4. The third kappa shape index (κ3) is 3.16. The highest BCUT2D eigenvalue weighted by atomic mass is 35.5. The minimum atomic E-state index is 0.667. The highest BCUT2D eigenvalue weighted by Crippen LogP contribution is 2.29. The van der Waals surface area contributed by atoms with Crippen LogP contribution in [0.15, 0.2) is 48.5 Å². The lowest BCUT2D eigenvalue weighted by atomic mass is 10.0. The molecule has 0 saturated carbocycles. The maximum atomic E-state index is 5.99. The summed E-state index contributed by atoms with van der Waals surface area (Å²) >= 11 is 5.99. The number of rotatable bonds is 4. The highest BCUT2D eigenvalue weighted by molar-refractivity contribution is 6.30. The third-order valence-electron chi connectivity index (χ3n) is 4.04. The molecule has 0 unspecified atom stereocenters. The predicted octanol–water partition coefficient (Wildman–Crippen LogP) is 4.31. The minimum absolute atomic E-state index is 0.667. The molecule has 0 saturated heterocycles. The van der Waals surface area contributed by atoms with Crippen LogP contribution in [0.25, 0.3) is 16.8 Å². The first-order valence-corrected chi connectivity index (χ1v) is 8.09. The van der Waals surface area contributed by atoms with E-state index in [0.717, 1.165) is 39.6 Å². The summed E-state index contributed by atoms with van der Waals surface area (Å²) in [5, 5.41) is 5.46. The molecule has 23 heavy (non-hydrogen) atoms. The van der Waals surface area contributed by atoms with Crippen molar-refractivity contribution in [3.63, 3.8) is 0 Å². The molecule has 2 N–H and O–H groups in total. The Morgan fingerprint density at radius 3 is 2.26 bits per heavy atom. The molecule has 0 aliphatic carbocycles. The normalized spacial score (nSPS) is 11.0.